The highest BCUT2D eigenvalue weighted by atomic mass is 79.9. The van der Waals surface area contributed by atoms with Crippen molar-refractivity contribution < 1.29 is 19.1 Å². The van der Waals surface area contributed by atoms with Crippen molar-refractivity contribution in [2.45, 2.75) is 27.1 Å². The van der Waals surface area contributed by atoms with Crippen LogP contribution in [0.15, 0.2) is 78.0 Å². The molecule has 0 radical (unpaired) electrons. The quantitative estimate of drug-likeness (QED) is 0.179. The Labute approximate surface area is 235 Å². The number of carbonyl (C=O) groups is 2. The van der Waals surface area contributed by atoms with Crippen molar-refractivity contribution in [1.29, 1.82) is 0 Å². The molecule has 37 heavy (non-hydrogen) atoms. The number of carbonyl (C=O) groups excluding carboxylic acids is 2. The van der Waals surface area contributed by atoms with Gasteiger partial charge in [0.15, 0.2) is 0 Å². The summed E-state index contributed by atoms with van der Waals surface area (Å²) in [5.41, 5.74) is 5.54. The van der Waals surface area contributed by atoms with E-state index in [1.807, 2.05) is 80.6 Å². The van der Waals surface area contributed by atoms with Crippen LogP contribution in [-0.2, 0) is 22.7 Å². The molecule has 11 heteroatoms. The third-order valence-electron chi connectivity index (χ3n) is 5.22. The Morgan fingerprint density at radius 2 is 1.38 bits per heavy atom. The normalized spacial score (nSPS) is 9.89. The molecule has 4 rings (SSSR count). The molecule has 3 aromatic carbocycles. The third-order valence-corrected chi connectivity index (χ3v) is 5.22. The zero-order valence-electron chi connectivity index (χ0n) is 20.2. The number of nitrogens with one attached hydrogen (secondary N) is 3. The van der Waals surface area contributed by atoms with Crippen molar-refractivity contribution >= 4 is 68.8 Å². The third kappa shape index (κ3) is 8.16. The minimum absolute atomic E-state index is 0. The molecule has 0 atom stereocenters. The molecular weight excluding hydrogens is 606 g/mol. The summed E-state index contributed by atoms with van der Waals surface area (Å²) in [6.45, 7) is 3.91. The van der Waals surface area contributed by atoms with Crippen LogP contribution in [0.3, 0.4) is 0 Å². The topological polar surface area (TPSA) is 118 Å². The van der Waals surface area contributed by atoms with Gasteiger partial charge in [-0.25, -0.2) is 19.6 Å². The maximum absolute atomic E-state index is 12.5. The Kier molecular flexibility index (Phi) is 11.3. The summed E-state index contributed by atoms with van der Waals surface area (Å²) < 4.78 is 10.6. The van der Waals surface area contributed by atoms with Crippen LogP contribution in [0.4, 0.5) is 15.3 Å². The van der Waals surface area contributed by atoms with Gasteiger partial charge in [0.1, 0.15) is 13.2 Å². The van der Waals surface area contributed by atoms with E-state index in [2.05, 4.69) is 25.6 Å². The molecule has 2 amide bonds. The number of nitrogens with zero attached hydrogens (tertiary/aromatic N) is 2. The number of benzene rings is 3. The predicted molar refractivity (Wildman–Crippen MR) is 153 cm³/mol. The van der Waals surface area contributed by atoms with Crippen molar-refractivity contribution in [1.82, 2.24) is 20.6 Å². The summed E-state index contributed by atoms with van der Waals surface area (Å²) in [5.74, 6) is -0.123. The van der Waals surface area contributed by atoms with E-state index in [0.29, 0.717) is 5.69 Å². The summed E-state index contributed by atoms with van der Waals surface area (Å²) in [7, 11) is 0. The van der Waals surface area contributed by atoms with Gasteiger partial charge in [-0.1, -0.05) is 60.7 Å². The zero-order chi connectivity index (χ0) is 24.6. The molecule has 0 saturated carbocycles. The van der Waals surface area contributed by atoms with Gasteiger partial charge < -0.3 is 14.5 Å². The smallest absolute Gasteiger partial charge is 0.414 e. The van der Waals surface area contributed by atoms with E-state index in [4.69, 9.17) is 9.47 Å². The van der Waals surface area contributed by atoms with Gasteiger partial charge in [0.25, 0.3) is 0 Å². The molecule has 194 valence electrons. The number of hydrogen-bond acceptors (Lipinski definition) is 6. The number of amides is 2. The predicted octanol–water partition coefficient (Wildman–Crippen LogP) is 6.18. The molecule has 4 aromatic rings. The SMILES string of the molecule is Br.Br.Cc1cc(N=C(NC(=O)OCc2ccccc2)NC(=O)OCc2ccccc2)c(C)c2[nH]cnc12. The number of H-pyrrole nitrogens is 1. The van der Waals surface area contributed by atoms with Gasteiger partial charge in [0.05, 0.1) is 23.0 Å². The monoisotopic (exact) mass is 631 g/mol. The van der Waals surface area contributed by atoms with Gasteiger partial charge in [-0.05, 0) is 36.6 Å². The average Bonchev–Trinajstić information content (AvgIpc) is 3.37. The van der Waals surface area contributed by atoms with Gasteiger partial charge in [0, 0.05) is 5.56 Å². The van der Waals surface area contributed by atoms with E-state index < -0.39 is 12.2 Å². The molecule has 0 spiro atoms. The van der Waals surface area contributed by atoms with Gasteiger partial charge in [-0.3, -0.25) is 10.6 Å². The van der Waals surface area contributed by atoms with E-state index in [-0.39, 0.29) is 53.1 Å². The molecule has 0 saturated heterocycles. The molecule has 3 N–H and O–H groups in total. The Morgan fingerprint density at radius 3 is 1.89 bits per heavy atom. The van der Waals surface area contributed by atoms with Crippen LogP contribution in [0.1, 0.15) is 22.3 Å². The molecule has 0 aliphatic heterocycles. The van der Waals surface area contributed by atoms with Crippen molar-refractivity contribution in [2.24, 2.45) is 4.99 Å². The maximum atomic E-state index is 12.5. The Bertz CT molecular complexity index is 1300. The minimum Gasteiger partial charge on any atom is -0.444 e. The number of halogens is 2. The molecule has 9 nitrogen and oxygen atoms in total. The number of aliphatic imine (C=N–C) groups is 1. The van der Waals surface area contributed by atoms with E-state index >= 15 is 0 Å². The second-order valence-electron chi connectivity index (χ2n) is 7.80. The van der Waals surface area contributed by atoms with Crippen LogP contribution in [0.5, 0.6) is 0 Å². The highest BCUT2D eigenvalue weighted by Crippen LogP contribution is 2.28. The number of fused-ring (bicyclic) bond motifs is 1. The van der Waals surface area contributed by atoms with Gasteiger partial charge in [0.2, 0.25) is 5.96 Å². The van der Waals surface area contributed by atoms with Crippen LogP contribution in [0.25, 0.3) is 11.0 Å². The van der Waals surface area contributed by atoms with Gasteiger partial charge in [-0.2, -0.15) is 0 Å². The summed E-state index contributed by atoms with van der Waals surface area (Å²) in [6.07, 6.45) is 0.0678. The lowest BCUT2D eigenvalue weighted by Gasteiger charge is -2.13. The fourth-order valence-corrected chi connectivity index (χ4v) is 3.42. The highest BCUT2D eigenvalue weighted by Gasteiger charge is 2.15. The van der Waals surface area contributed by atoms with Crippen LogP contribution in [0, 0.1) is 13.8 Å². The highest BCUT2D eigenvalue weighted by molar-refractivity contribution is 8.93. The maximum Gasteiger partial charge on any atom is 0.414 e. The van der Waals surface area contributed by atoms with Gasteiger partial charge in [-0.15, -0.1) is 34.0 Å². The molecule has 0 aliphatic carbocycles. The number of alkyl carbamates (subject to hydrolysis) is 2. The summed E-state index contributed by atoms with van der Waals surface area (Å²) in [4.78, 5) is 36.9. The fourth-order valence-electron chi connectivity index (χ4n) is 3.42. The first-order valence-electron chi connectivity index (χ1n) is 11.0. The van der Waals surface area contributed by atoms with Crippen LogP contribution in [0.2, 0.25) is 0 Å². The number of imidazole rings is 1. The van der Waals surface area contributed by atoms with E-state index in [1.165, 1.54) is 0 Å². The molecule has 0 unspecified atom stereocenters. The summed E-state index contributed by atoms with van der Waals surface area (Å²) in [6, 6.07) is 20.3. The molecule has 0 bridgehead atoms. The van der Waals surface area contributed by atoms with E-state index in [9.17, 15) is 9.59 Å². The lowest BCUT2D eigenvalue weighted by Crippen LogP contribution is -2.44. The molecule has 1 aromatic heterocycles. The Hall–Kier alpha value is -3.70. The Morgan fingerprint density at radius 1 is 0.865 bits per heavy atom. The first kappa shape index (κ1) is 29.5. The van der Waals surface area contributed by atoms with Crippen molar-refractivity contribution in [3.8, 4) is 0 Å². The first-order chi connectivity index (χ1) is 17.0. The van der Waals surface area contributed by atoms with E-state index in [1.54, 1.807) is 6.33 Å². The average molecular weight is 633 g/mol. The molecule has 0 aliphatic rings. The Balaban J connectivity index is 0.00000241. The second-order valence-corrected chi connectivity index (χ2v) is 7.80. The van der Waals surface area contributed by atoms with Crippen LogP contribution >= 0.6 is 34.0 Å². The number of guanidine groups is 1. The number of ether oxygens (including phenoxy) is 2. The molecule has 1 heterocycles. The van der Waals surface area contributed by atoms with Crippen LogP contribution in [-0.4, -0.2) is 28.1 Å². The zero-order valence-corrected chi connectivity index (χ0v) is 23.6. The van der Waals surface area contributed by atoms with Crippen molar-refractivity contribution in [3.63, 3.8) is 0 Å². The van der Waals surface area contributed by atoms with Crippen LogP contribution < -0.4 is 10.6 Å². The number of aromatic amines is 1. The molecule has 0 fully saturated rings. The lowest BCUT2D eigenvalue weighted by atomic mass is 10.1. The number of hydrogen-bond donors (Lipinski definition) is 3. The fraction of sp³-hybridized carbons (Fsp3) is 0.154. The second kappa shape index (κ2) is 14.1. The minimum atomic E-state index is -0.770. The van der Waals surface area contributed by atoms with E-state index in [0.717, 1.165) is 33.3 Å². The summed E-state index contributed by atoms with van der Waals surface area (Å²) in [5, 5.41) is 5.01. The number of aromatic nitrogens is 2. The largest absolute Gasteiger partial charge is 0.444 e. The van der Waals surface area contributed by atoms with Crippen molar-refractivity contribution in [3.05, 3.63) is 95.3 Å². The lowest BCUT2D eigenvalue weighted by molar-refractivity contribution is 0.141. The van der Waals surface area contributed by atoms with Crippen molar-refractivity contribution in [2.75, 3.05) is 0 Å². The number of rotatable bonds is 5. The standard InChI is InChI=1S/C26H25N5O4.2BrH/c1-17-13-21(18(2)23-22(17)27-16-28-23)29-24(30-25(32)34-14-19-9-5-3-6-10-19)31-26(33)35-15-20-11-7-4-8-12-20;;/h3-13,16H,14-15H2,1-2H3,(H,27,28)(H2,29,30,31,32,33);2*1H. The number of aryl methyl sites for hydroxylation is 2. The summed E-state index contributed by atoms with van der Waals surface area (Å²) >= 11 is 0. The van der Waals surface area contributed by atoms with Gasteiger partial charge >= 0.3 is 12.2 Å². The first-order valence-corrected chi connectivity index (χ1v) is 11.0. The molecular formula is C26H27Br2N5O4.